The molecule has 2 heteroatoms. The molecule has 0 aromatic carbocycles. The summed E-state index contributed by atoms with van der Waals surface area (Å²) in [5.74, 6) is 0. The van der Waals surface area contributed by atoms with Crippen LogP contribution in [0.2, 0.25) is 5.31 Å². The van der Waals surface area contributed by atoms with Crippen molar-refractivity contribution in [1.29, 1.82) is 0 Å². The van der Waals surface area contributed by atoms with Crippen LogP contribution < -0.4 is 0 Å². The number of aliphatic hydroxyl groups excluding tert-OH is 1. The van der Waals surface area contributed by atoms with Gasteiger partial charge in [-0.05, 0) is 12.2 Å². The molecule has 0 saturated heterocycles. The molecule has 0 amide bonds. The fourth-order valence-electron chi connectivity index (χ4n) is 0.562. The van der Waals surface area contributed by atoms with Gasteiger partial charge in [0, 0.05) is 6.10 Å². The predicted molar refractivity (Wildman–Crippen MR) is 29.4 cm³/mol. The highest BCUT2D eigenvalue weighted by atomic mass is 16.3. The summed E-state index contributed by atoms with van der Waals surface area (Å²) in [6.45, 7) is 1.74. The minimum Gasteiger partial charge on any atom is -0.394 e. The van der Waals surface area contributed by atoms with Crippen molar-refractivity contribution in [3.8, 4) is 0 Å². The van der Waals surface area contributed by atoms with Gasteiger partial charge in [0.2, 0.25) is 0 Å². The number of rotatable bonds is 1. The van der Waals surface area contributed by atoms with E-state index >= 15 is 0 Å². The van der Waals surface area contributed by atoms with Crippen LogP contribution in [0.1, 0.15) is 19.8 Å². The van der Waals surface area contributed by atoms with Crippen molar-refractivity contribution in [1.82, 2.24) is 0 Å². The normalized spacial score (nSPS) is 29.4. The summed E-state index contributed by atoms with van der Waals surface area (Å²) in [6.07, 6.45) is 1.67. The van der Waals surface area contributed by atoms with Gasteiger partial charge in [-0.25, -0.2) is 0 Å². The van der Waals surface area contributed by atoms with E-state index in [0.717, 1.165) is 12.8 Å². The monoisotopic (exact) mass is 96.1 g/mol. The molecule has 1 fully saturated rings. The average Bonchev–Trinajstić information content (AvgIpc) is 2.21. The zero-order chi connectivity index (χ0) is 5.49. The molecule has 1 aliphatic carbocycles. The lowest BCUT2D eigenvalue weighted by atomic mass is 9.79. The molecule has 0 heterocycles. The molecule has 1 atom stereocenters. The van der Waals surface area contributed by atoms with Crippen LogP contribution in [0.3, 0.4) is 0 Å². The fraction of sp³-hybridized carbons (Fsp3) is 1.00. The zero-order valence-corrected chi connectivity index (χ0v) is 4.52. The lowest BCUT2D eigenvalue weighted by molar-refractivity contribution is 0.178. The van der Waals surface area contributed by atoms with Crippen LogP contribution >= 0.6 is 0 Å². The molecular weight excluding hydrogens is 86.9 g/mol. The first-order chi connectivity index (χ1) is 3.15. The Morgan fingerprint density at radius 1 is 1.71 bits per heavy atom. The first-order valence-electron chi connectivity index (χ1n) is 2.62. The Balaban J connectivity index is 2.39. The van der Waals surface area contributed by atoms with Crippen LogP contribution in [-0.2, 0) is 0 Å². The van der Waals surface area contributed by atoms with Crippen LogP contribution in [0.5, 0.6) is 0 Å². The fourth-order valence-corrected chi connectivity index (χ4v) is 0.562. The third kappa shape index (κ3) is 0.803. The predicted octanol–water partition coefficient (Wildman–Crippen LogP) is 0.488. The Labute approximate surface area is 45.1 Å². The molecule has 1 nitrogen and oxygen atoms in total. The van der Waals surface area contributed by atoms with E-state index in [2.05, 4.69) is 0 Å². The van der Waals surface area contributed by atoms with Gasteiger partial charge in [-0.1, -0.05) is 12.8 Å². The molecule has 2 radical (unpaired) electrons. The first-order valence-corrected chi connectivity index (χ1v) is 2.62. The molecular formula is C5H9BO. The maximum absolute atomic E-state index is 8.83. The van der Waals surface area contributed by atoms with Gasteiger partial charge in [-0.15, -0.1) is 0 Å². The highest BCUT2D eigenvalue weighted by molar-refractivity contribution is 6.17. The summed E-state index contributed by atoms with van der Waals surface area (Å²) >= 11 is 0. The van der Waals surface area contributed by atoms with E-state index < -0.39 is 0 Å². The van der Waals surface area contributed by atoms with Crippen LogP contribution in [0.25, 0.3) is 0 Å². The summed E-state index contributed by atoms with van der Waals surface area (Å²) in [5, 5.41) is 8.63. The minimum atomic E-state index is -0.313. The third-order valence-electron chi connectivity index (χ3n) is 1.66. The van der Waals surface area contributed by atoms with E-state index in [1.165, 1.54) is 0 Å². The molecule has 7 heavy (non-hydrogen) atoms. The molecule has 0 aromatic rings. The Kier molecular flexibility index (Phi) is 0.924. The smallest absolute Gasteiger partial charge is 0.0781 e. The summed E-state index contributed by atoms with van der Waals surface area (Å²) in [7, 11) is 5.54. The van der Waals surface area contributed by atoms with Crippen molar-refractivity contribution in [2.75, 3.05) is 0 Å². The summed E-state index contributed by atoms with van der Waals surface area (Å²) in [6, 6.07) is 0. The maximum atomic E-state index is 8.83. The third-order valence-corrected chi connectivity index (χ3v) is 1.66. The molecule has 38 valence electrons. The van der Waals surface area contributed by atoms with E-state index in [0.29, 0.717) is 0 Å². The molecule has 0 spiro atoms. The van der Waals surface area contributed by atoms with Crippen molar-refractivity contribution in [2.45, 2.75) is 31.2 Å². The highest BCUT2D eigenvalue weighted by Crippen LogP contribution is 2.52. The number of hydrogen-bond acceptors (Lipinski definition) is 1. The second kappa shape index (κ2) is 1.25. The van der Waals surface area contributed by atoms with E-state index in [9.17, 15) is 0 Å². The number of aliphatic hydroxyl groups is 1. The Morgan fingerprint density at radius 2 is 2.14 bits per heavy atom. The highest BCUT2D eigenvalue weighted by Gasteiger charge is 2.40. The van der Waals surface area contributed by atoms with Crippen molar-refractivity contribution in [3.63, 3.8) is 0 Å². The van der Waals surface area contributed by atoms with Gasteiger partial charge in [0.05, 0.1) is 7.85 Å². The van der Waals surface area contributed by atoms with E-state index in [-0.39, 0.29) is 11.4 Å². The van der Waals surface area contributed by atoms with Crippen molar-refractivity contribution >= 4 is 7.85 Å². The number of hydrogen-bond donors (Lipinski definition) is 1. The molecule has 0 aliphatic heterocycles. The summed E-state index contributed by atoms with van der Waals surface area (Å²) in [5.41, 5.74) is 0. The van der Waals surface area contributed by atoms with Crippen molar-refractivity contribution in [2.24, 2.45) is 0 Å². The molecule has 0 bridgehead atoms. The quantitative estimate of drug-likeness (QED) is 0.471. The second-order valence-electron chi connectivity index (χ2n) is 2.41. The summed E-state index contributed by atoms with van der Waals surface area (Å²) < 4.78 is 0. The lowest BCUT2D eigenvalue weighted by Gasteiger charge is -2.09. The van der Waals surface area contributed by atoms with Crippen LogP contribution in [0, 0.1) is 0 Å². The van der Waals surface area contributed by atoms with Gasteiger partial charge in [-0.3, -0.25) is 0 Å². The van der Waals surface area contributed by atoms with Crippen LogP contribution in [0.4, 0.5) is 0 Å². The molecule has 1 rings (SSSR count). The second-order valence-corrected chi connectivity index (χ2v) is 2.41. The van der Waals surface area contributed by atoms with Crippen molar-refractivity contribution in [3.05, 3.63) is 0 Å². The molecule has 0 unspecified atom stereocenters. The zero-order valence-electron chi connectivity index (χ0n) is 4.52. The van der Waals surface area contributed by atoms with Gasteiger partial charge in [0.1, 0.15) is 0 Å². The Hall–Kier alpha value is 0.0249. The largest absolute Gasteiger partial charge is 0.394 e. The maximum Gasteiger partial charge on any atom is 0.0781 e. The van der Waals surface area contributed by atoms with Crippen LogP contribution in [0.15, 0.2) is 0 Å². The Bertz CT molecular complexity index is 76.1. The minimum absolute atomic E-state index is 0.194. The van der Waals surface area contributed by atoms with Gasteiger partial charge < -0.3 is 5.11 Å². The van der Waals surface area contributed by atoms with E-state index in [1.54, 1.807) is 6.92 Å². The van der Waals surface area contributed by atoms with Gasteiger partial charge in [0.15, 0.2) is 0 Å². The lowest BCUT2D eigenvalue weighted by Crippen LogP contribution is -2.10. The van der Waals surface area contributed by atoms with Crippen LogP contribution in [-0.4, -0.2) is 19.1 Å². The van der Waals surface area contributed by atoms with Gasteiger partial charge in [0.25, 0.3) is 0 Å². The van der Waals surface area contributed by atoms with Crippen molar-refractivity contribution < 1.29 is 5.11 Å². The van der Waals surface area contributed by atoms with Gasteiger partial charge in [-0.2, -0.15) is 0 Å². The molecule has 1 aliphatic rings. The average molecular weight is 95.9 g/mol. The topological polar surface area (TPSA) is 20.2 Å². The molecule has 1 N–H and O–H groups in total. The molecule has 1 saturated carbocycles. The van der Waals surface area contributed by atoms with E-state index in [1.807, 2.05) is 0 Å². The SMILES string of the molecule is [B]C1([C@H](C)O)CC1. The van der Waals surface area contributed by atoms with Gasteiger partial charge >= 0.3 is 0 Å². The summed E-state index contributed by atoms with van der Waals surface area (Å²) in [4.78, 5) is 0. The first kappa shape index (κ1) is 5.17. The molecule has 0 aromatic heterocycles. The Morgan fingerprint density at radius 3 is 2.14 bits per heavy atom. The van der Waals surface area contributed by atoms with E-state index in [4.69, 9.17) is 13.0 Å². The standard InChI is InChI=1S/C5H9BO/c1-4(7)5(6)2-3-5/h4,7H,2-3H2,1H3/t4-/m0/s1.